The number of rotatable bonds is 8. The Morgan fingerprint density at radius 1 is 0.362 bits per heavy atom. The summed E-state index contributed by atoms with van der Waals surface area (Å²) in [5.41, 5.74) is 43.8. The number of nitrogens with zero attached hydrogens (tertiary/aromatic N) is 22. The lowest BCUT2D eigenvalue weighted by Crippen LogP contribution is -2.02. The van der Waals surface area contributed by atoms with Gasteiger partial charge in [-0.25, -0.2) is 73.4 Å². The van der Waals surface area contributed by atoms with Crippen LogP contribution in [0.2, 0.25) is 18.8 Å². The molecule has 512 valence electrons. The van der Waals surface area contributed by atoms with E-state index in [1.54, 1.807) is 69.2 Å². The predicted molar refractivity (Wildman–Crippen MR) is 410 cm³/mol. The van der Waals surface area contributed by atoms with Gasteiger partial charge in [-0.15, -0.1) is 22.7 Å². The van der Waals surface area contributed by atoms with Crippen molar-refractivity contribution in [3.8, 4) is 88.4 Å². The van der Waals surface area contributed by atoms with Crippen molar-refractivity contribution in [2.24, 2.45) is 0 Å². The molecule has 0 saturated heterocycles. The highest BCUT2D eigenvalue weighted by atomic mass is 35.5. The maximum absolute atomic E-state index is 6.45. The molecule has 0 aliphatic carbocycles. The topological polar surface area (TPSA) is 375 Å². The summed E-state index contributed by atoms with van der Waals surface area (Å²) >= 11 is 27.7. The number of furan rings is 1. The highest BCUT2D eigenvalue weighted by Crippen LogP contribution is 2.45. The third-order valence-corrected chi connectivity index (χ3v) is 19.4. The van der Waals surface area contributed by atoms with Crippen molar-refractivity contribution >= 4 is 153 Å². The number of pyridine rings is 8. The smallest absolute Gasteiger partial charge is 0.173 e. The van der Waals surface area contributed by atoms with Crippen molar-refractivity contribution in [2.45, 2.75) is 20.8 Å². The monoisotopic (exact) mass is 1500 g/mol. The van der Waals surface area contributed by atoms with Gasteiger partial charge in [-0.1, -0.05) is 76.2 Å². The number of nitrogens with two attached hydrogens (primary N) is 4. The molecule has 0 saturated carbocycles. The van der Waals surface area contributed by atoms with E-state index in [4.69, 9.17) is 73.8 Å². The summed E-state index contributed by atoms with van der Waals surface area (Å²) in [6.45, 7) is 5.81. The van der Waals surface area contributed by atoms with E-state index in [9.17, 15) is 0 Å². The second-order valence-electron chi connectivity index (χ2n) is 23.3. The van der Waals surface area contributed by atoms with Gasteiger partial charge in [0.2, 0.25) is 0 Å². The number of hydrogen-bond donors (Lipinski definition) is 4. The molecule has 0 aliphatic heterocycles. The Morgan fingerprint density at radius 3 is 1.25 bits per heavy atom. The third kappa shape index (κ3) is 13.0. The second kappa shape index (κ2) is 27.9. The summed E-state index contributed by atoms with van der Waals surface area (Å²) in [6, 6.07) is 32.6. The van der Waals surface area contributed by atoms with Crippen molar-refractivity contribution in [1.29, 1.82) is 0 Å². The van der Waals surface area contributed by atoms with Crippen LogP contribution >= 0.6 is 69.1 Å². The third-order valence-electron chi connectivity index (χ3n) is 16.5. The molecule has 105 heavy (non-hydrogen) atoms. The quantitative estimate of drug-likeness (QED) is 0.103. The largest absolute Gasteiger partial charge is 0.460 e. The summed E-state index contributed by atoms with van der Waals surface area (Å²) in [6.07, 6.45) is 23.1. The summed E-state index contributed by atoms with van der Waals surface area (Å²) in [5, 5.41) is 13.5. The van der Waals surface area contributed by atoms with Crippen molar-refractivity contribution in [3.05, 3.63) is 226 Å². The van der Waals surface area contributed by atoms with Gasteiger partial charge in [0.05, 0.1) is 40.5 Å². The number of halogens is 4. The van der Waals surface area contributed by atoms with Crippen LogP contribution in [-0.4, -0.2) is 109 Å². The molecule has 19 aromatic rings. The number of benzene rings is 1. The van der Waals surface area contributed by atoms with E-state index >= 15 is 0 Å². The molecule has 1 aromatic carbocycles. The first-order valence-electron chi connectivity index (χ1n) is 31.5. The summed E-state index contributed by atoms with van der Waals surface area (Å²) in [4.78, 5) is 72.5. The van der Waals surface area contributed by atoms with Crippen LogP contribution in [-0.2, 0) is 0 Å². The lowest BCUT2D eigenvalue weighted by Gasteiger charge is -2.14. The molecule has 18 aromatic heterocycles. The van der Waals surface area contributed by atoms with Crippen LogP contribution in [0.25, 0.3) is 149 Å². The van der Waals surface area contributed by atoms with Crippen molar-refractivity contribution in [3.63, 3.8) is 0 Å². The molecule has 0 unspecified atom stereocenters. The average Bonchev–Trinajstić information content (AvgIpc) is 1.70. The van der Waals surface area contributed by atoms with E-state index in [0.29, 0.717) is 120 Å². The zero-order chi connectivity index (χ0) is 72.1. The van der Waals surface area contributed by atoms with Gasteiger partial charge >= 0.3 is 0 Å². The van der Waals surface area contributed by atoms with E-state index in [1.807, 2.05) is 136 Å². The molecule has 18 heterocycles. The number of nitrogen functional groups attached to an aromatic ring is 4. The molecule has 8 N–H and O–H groups in total. The second-order valence-corrected chi connectivity index (χ2v) is 27.5. The number of thiophene rings is 2. The van der Waals surface area contributed by atoms with E-state index in [-0.39, 0.29) is 0 Å². The number of aromatic nitrogens is 22. The number of anilines is 4. The molecular formula is C72H48Cl4N26OS2. The maximum atomic E-state index is 6.45. The van der Waals surface area contributed by atoms with Crippen LogP contribution in [0.4, 0.5) is 23.3 Å². The fraction of sp³-hybridized carbons (Fsp3) is 0.0417. The van der Waals surface area contributed by atoms with E-state index < -0.39 is 0 Å². The maximum Gasteiger partial charge on any atom is 0.173 e. The Balaban J connectivity index is 0.000000108. The predicted octanol–water partition coefficient (Wildman–Crippen LogP) is 15.5. The van der Waals surface area contributed by atoms with Gasteiger partial charge in [-0.2, -0.15) is 15.3 Å². The molecule has 0 atom stereocenters. The highest BCUT2D eigenvalue weighted by molar-refractivity contribution is 7.19. The lowest BCUT2D eigenvalue weighted by molar-refractivity contribution is 0.547. The molecule has 0 amide bonds. The van der Waals surface area contributed by atoms with Gasteiger partial charge in [-0.05, 0) is 105 Å². The Hall–Kier alpha value is -12.8. The Bertz CT molecular complexity index is 6360. The zero-order valence-corrected chi connectivity index (χ0v) is 59.4. The number of aryl methyl sites for hydroxylation is 3. The van der Waals surface area contributed by atoms with Gasteiger partial charge in [0.1, 0.15) is 79.7 Å². The van der Waals surface area contributed by atoms with Crippen molar-refractivity contribution < 1.29 is 4.42 Å². The molecule has 0 bridgehead atoms. The SMILES string of the molecule is Cc1cc(-c2c(-c3ccc(Cl)s3)nc(N)c3nccnc23)cc(Cl)n1.Cc1ccc(-c2nc(N)c3nccnc3c2-c2cc(Cl)c3ncnn3c2)cc1.Cc1ccc(-c2nc(N)c3nccnc3c2-c2ccc3ncnn3c2)o1.Nc1nc(-c2ccc(Cl)s2)c(-c2ccc3ncnn3c2)c2nccnc12. The van der Waals surface area contributed by atoms with Crippen LogP contribution in [0, 0.1) is 20.8 Å². The standard InChI is InChI=1S/C20H14ClN7.C18H13N7O.C17H11Cl2N5S.C17H10ClN7S/c1-11-2-4-12(5-3-11)16-15(17-18(19(22)27-16)24-7-6-23-17)13-8-14(21)20-25-10-26-28(20)9-13;1-10-2-4-12(26-10)15-14(11-3-5-13-22-9-23-25(13)8-11)16-17(18(19)24-15)21-7-6-20-16;1-8-6-9(7-11(18)23-8)13-14(10-2-3-12(19)25-10)24-17(20)16-15(13)21-4-5-22-16;18-11-3-2-10(26-11)14-13(9-1-4-12-22-8-23-25(12)7-9)15-16(17(19)24-14)21-6-5-20-15/h2-10H,1H3,(H2,22,27);2-9H,1H3,(H2,19,24);2-7H,1H3,(H2,20,24);1-8H,(H2,19,24). The van der Waals surface area contributed by atoms with Crippen molar-refractivity contribution in [2.75, 3.05) is 22.9 Å². The van der Waals surface area contributed by atoms with Gasteiger partial charge in [0.15, 0.2) is 46.0 Å². The Labute approximate surface area is 620 Å². The normalized spacial score (nSPS) is 11.3. The summed E-state index contributed by atoms with van der Waals surface area (Å²) < 4.78 is 12.2. The van der Waals surface area contributed by atoms with Gasteiger partial charge in [-0.3, -0.25) is 19.9 Å². The van der Waals surface area contributed by atoms with E-state index in [1.165, 1.54) is 41.7 Å². The zero-order valence-electron chi connectivity index (χ0n) is 54.8. The Morgan fingerprint density at radius 2 is 0.781 bits per heavy atom. The molecule has 0 aliphatic rings. The lowest BCUT2D eigenvalue weighted by atomic mass is 9.98. The molecule has 0 radical (unpaired) electrons. The minimum Gasteiger partial charge on any atom is -0.460 e. The molecule has 0 spiro atoms. The van der Waals surface area contributed by atoms with E-state index in [2.05, 4.69) is 95.0 Å². The minimum absolute atomic E-state index is 0.308. The Kier molecular flexibility index (Phi) is 17.7. The van der Waals surface area contributed by atoms with Gasteiger partial charge in [0, 0.05) is 118 Å². The van der Waals surface area contributed by atoms with Crippen molar-refractivity contribution in [1.82, 2.24) is 109 Å². The summed E-state index contributed by atoms with van der Waals surface area (Å²) in [5.74, 6) is 2.70. The highest BCUT2D eigenvalue weighted by Gasteiger charge is 2.25. The fourth-order valence-corrected chi connectivity index (χ4v) is 14.5. The first kappa shape index (κ1) is 66.8. The fourth-order valence-electron chi connectivity index (χ4n) is 11.9. The molecule has 19 rings (SSSR count). The van der Waals surface area contributed by atoms with E-state index in [0.717, 1.165) is 88.1 Å². The van der Waals surface area contributed by atoms with Crippen LogP contribution < -0.4 is 22.9 Å². The number of fused-ring (bicyclic) bond motifs is 7. The average molecular weight is 1500 g/mol. The van der Waals surface area contributed by atoms with Gasteiger partial charge in [0.25, 0.3) is 0 Å². The molecule has 33 heteroatoms. The molecule has 0 fully saturated rings. The molecular weight excluding hydrogens is 1450 g/mol. The summed E-state index contributed by atoms with van der Waals surface area (Å²) in [7, 11) is 0. The van der Waals surface area contributed by atoms with Crippen LogP contribution in [0.15, 0.2) is 195 Å². The van der Waals surface area contributed by atoms with Crippen LogP contribution in [0.3, 0.4) is 0 Å². The molecule has 27 nitrogen and oxygen atoms in total. The van der Waals surface area contributed by atoms with Gasteiger partial charge < -0.3 is 27.4 Å². The minimum atomic E-state index is 0.308. The first-order valence-corrected chi connectivity index (χ1v) is 34.7. The first-order chi connectivity index (χ1) is 51.0. The number of hydrogen-bond acceptors (Lipinski definition) is 26. The van der Waals surface area contributed by atoms with Crippen LogP contribution in [0.5, 0.6) is 0 Å². The van der Waals surface area contributed by atoms with Crippen LogP contribution in [0.1, 0.15) is 17.0 Å².